The fourth-order valence-electron chi connectivity index (χ4n) is 8.32. The molecule has 0 spiro atoms. The van der Waals surface area contributed by atoms with Crippen molar-refractivity contribution in [1.82, 2.24) is 9.55 Å². The monoisotopic (exact) mass is 729 g/mol. The average Bonchev–Trinajstić information content (AvgIpc) is 3.88. The van der Waals surface area contributed by atoms with E-state index in [0.29, 0.717) is 5.89 Å². The third-order valence-corrected chi connectivity index (χ3v) is 11.0. The van der Waals surface area contributed by atoms with Crippen LogP contribution < -0.4 is 4.90 Å². The zero-order valence-electron chi connectivity index (χ0n) is 31.0. The van der Waals surface area contributed by atoms with E-state index in [0.717, 1.165) is 66.8 Å². The minimum atomic E-state index is 0.625. The second-order valence-electron chi connectivity index (χ2n) is 14.4. The van der Waals surface area contributed by atoms with Gasteiger partial charge in [0.25, 0.3) is 0 Å². The number of para-hydroxylation sites is 2. The highest BCUT2D eigenvalue weighted by Gasteiger charge is 2.19. The lowest BCUT2D eigenvalue weighted by Crippen LogP contribution is -2.10. The van der Waals surface area contributed by atoms with Gasteiger partial charge in [0.1, 0.15) is 5.52 Å². The van der Waals surface area contributed by atoms with Gasteiger partial charge in [0.2, 0.25) is 5.89 Å². The van der Waals surface area contributed by atoms with Crippen LogP contribution in [0.5, 0.6) is 0 Å². The lowest BCUT2D eigenvalue weighted by atomic mass is 9.97. The topological polar surface area (TPSA) is 34.2 Å². The number of rotatable bonds is 7. The highest BCUT2D eigenvalue weighted by molar-refractivity contribution is 6.12. The molecule has 0 bridgehead atoms. The van der Waals surface area contributed by atoms with Crippen LogP contribution in [0.4, 0.5) is 17.1 Å². The lowest BCUT2D eigenvalue weighted by Gasteiger charge is -2.26. The Kier molecular flexibility index (Phi) is 7.78. The van der Waals surface area contributed by atoms with Crippen LogP contribution in [0.1, 0.15) is 0 Å². The summed E-state index contributed by atoms with van der Waals surface area (Å²) >= 11 is 0. The van der Waals surface area contributed by atoms with E-state index in [2.05, 4.69) is 191 Å². The molecule has 2 heterocycles. The van der Waals surface area contributed by atoms with Crippen LogP contribution in [0.15, 0.2) is 217 Å². The second-order valence-corrected chi connectivity index (χ2v) is 14.4. The summed E-state index contributed by atoms with van der Waals surface area (Å²) in [5.74, 6) is 0.625. The number of nitrogens with zero attached hydrogens (tertiary/aromatic N) is 3. The molecule has 9 aromatic carbocycles. The predicted octanol–water partition coefficient (Wildman–Crippen LogP) is 14.5. The first-order valence-electron chi connectivity index (χ1n) is 19.3. The number of anilines is 3. The molecule has 0 atom stereocenters. The van der Waals surface area contributed by atoms with E-state index in [1.54, 1.807) is 0 Å². The summed E-state index contributed by atoms with van der Waals surface area (Å²) in [7, 11) is 0. The number of benzene rings is 9. The van der Waals surface area contributed by atoms with Gasteiger partial charge < -0.3 is 13.9 Å². The molecule has 0 N–H and O–H groups in total. The highest BCUT2D eigenvalue weighted by atomic mass is 16.3. The van der Waals surface area contributed by atoms with Crippen LogP contribution in [-0.4, -0.2) is 9.55 Å². The molecule has 0 radical (unpaired) electrons. The number of hydrogen-bond acceptors (Lipinski definition) is 3. The molecule has 4 heteroatoms. The summed E-state index contributed by atoms with van der Waals surface area (Å²) in [5, 5.41) is 4.63. The molecule has 0 aliphatic rings. The van der Waals surface area contributed by atoms with E-state index in [9.17, 15) is 0 Å². The first-order valence-corrected chi connectivity index (χ1v) is 19.3. The third-order valence-electron chi connectivity index (χ3n) is 11.0. The summed E-state index contributed by atoms with van der Waals surface area (Å²) in [6, 6.07) is 75.2. The molecule has 0 fully saturated rings. The Morgan fingerprint density at radius 2 is 1.02 bits per heavy atom. The van der Waals surface area contributed by atoms with Crippen molar-refractivity contribution in [3.05, 3.63) is 212 Å². The molecule has 0 saturated carbocycles. The van der Waals surface area contributed by atoms with Crippen molar-refractivity contribution in [2.24, 2.45) is 0 Å². The highest BCUT2D eigenvalue weighted by Crippen LogP contribution is 2.42. The van der Waals surface area contributed by atoms with Crippen LogP contribution in [0.2, 0.25) is 0 Å². The lowest BCUT2D eigenvalue weighted by molar-refractivity contribution is 0.623. The van der Waals surface area contributed by atoms with Crippen LogP contribution in [0.3, 0.4) is 0 Å². The maximum absolute atomic E-state index is 6.53. The Morgan fingerprint density at radius 1 is 0.421 bits per heavy atom. The summed E-state index contributed by atoms with van der Waals surface area (Å²) in [6.07, 6.45) is 0. The van der Waals surface area contributed by atoms with Crippen molar-refractivity contribution in [1.29, 1.82) is 0 Å². The van der Waals surface area contributed by atoms with E-state index in [-0.39, 0.29) is 0 Å². The standard InChI is InChI=1S/C53H35N3O/c1-4-13-36(14-5-1)37-23-28-42(29-24-37)55(44-32-33-47-46-20-10-11-22-49(46)56(50(47)35-44)41-18-8-3-9-19-41)43-30-25-38(26-31-43)45-21-12-17-39-27-34-48-52(51(39)45)57-53(54-48)40-15-6-2-7-16-40/h1-35H. The maximum atomic E-state index is 6.53. The molecule has 0 aliphatic carbocycles. The molecule has 0 aliphatic heterocycles. The van der Waals surface area contributed by atoms with E-state index in [1.165, 1.54) is 27.4 Å². The van der Waals surface area contributed by atoms with Crippen molar-refractivity contribution in [3.8, 4) is 39.4 Å². The Hall–Kier alpha value is -7.69. The van der Waals surface area contributed by atoms with Crippen LogP contribution >= 0.6 is 0 Å². The number of hydrogen-bond donors (Lipinski definition) is 0. The van der Waals surface area contributed by atoms with Gasteiger partial charge in [0.15, 0.2) is 5.58 Å². The van der Waals surface area contributed by atoms with Crippen molar-refractivity contribution in [2.75, 3.05) is 4.90 Å². The number of aromatic nitrogens is 2. The van der Waals surface area contributed by atoms with Gasteiger partial charge in [-0.25, -0.2) is 4.98 Å². The van der Waals surface area contributed by atoms with Crippen LogP contribution in [0, 0.1) is 0 Å². The minimum Gasteiger partial charge on any atom is -0.435 e. The SMILES string of the molecule is c1ccc(-c2ccc(N(c3ccc(-c4cccc5ccc6nc(-c7ccccc7)oc6c45)cc3)c3ccc4c5ccccc5n(-c5ccccc5)c4c3)cc2)cc1. The van der Waals surface area contributed by atoms with E-state index in [1.807, 2.05) is 30.3 Å². The average molecular weight is 730 g/mol. The predicted molar refractivity (Wildman–Crippen MR) is 237 cm³/mol. The normalized spacial score (nSPS) is 11.5. The van der Waals surface area contributed by atoms with Crippen molar-refractivity contribution < 1.29 is 4.42 Å². The van der Waals surface area contributed by atoms with Gasteiger partial charge in [0, 0.05) is 44.5 Å². The molecule has 0 unspecified atom stereocenters. The number of fused-ring (bicyclic) bond motifs is 6. The van der Waals surface area contributed by atoms with Gasteiger partial charge >= 0.3 is 0 Å². The zero-order valence-corrected chi connectivity index (χ0v) is 31.0. The first-order chi connectivity index (χ1) is 28.3. The fourth-order valence-corrected chi connectivity index (χ4v) is 8.32. The Balaban J connectivity index is 1.06. The molecular weight excluding hydrogens is 695 g/mol. The summed E-state index contributed by atoms with van der Waals surface area (Å²) in [5.41, 5.74) is 13.9. The second kappa shape index (κ2) is 13.6. The molecular formula is C53H35N3O. The fraction of sp³-hybridized carbons (Fsp3) is 0. The van der Waals surface area contributed by atoms with Gasteiger partial charge in [-0.1, -0.05) is 140 Å². The van der Waals surface area contributed by atoms with Gasteiger partial charge in [-0.05, 0) is 100 Å². The van der Waals surface area contributed by atoms with E-state index < -0.39 is 0 Å². The van der Waals surface area contributed by atoms with Gasteiger partial charge in [0.05, 0.1) is 11.0 Å². The van der Waals surface area contributed by atoms with E-state index in [4.69, 9.17) is 9.40 Å². The van der Waals surface area contributed by atoms with Crippen molar-refractivity contribution >= 4 is 60.7 Å². The smallest absolute Gasteiger partial charge is 0.227 e. The first kappa shape index (κ1) is 32.7. The molecule has 4 nitrogen and oxygen atoms in total. The molecule has 57 heavy (non-hydrogen) atoms. The molecule has 11 rings (SSSR count). The summed E-state index contributed by atoms with van der Waals surface area (Å²) < 4.78 is 8.90. The Morgan fingerprint density at radius 3 is 1.75 bits per heavy atom. The zero-order chi connectivity index (χ0) is 37.7. The minimum absolute atomic E-state index is 0.625. The van der Waals surface area contributed by atoms with Crippen LogP contribution in [-0.2, 0) is 0 Å². The molecule has 11 aromatic rings. The Labute approximate surface area is 330 Å². The quantitative estimate of drug-likeness (QED) is 0.164. The van der Waals surface area contributed by atoms with E-state index >= 15 is 0 Å². The van der Waals surface area contributed by atoms with Crippen molar-refractivity contribution in [2.45, 2.75) is 0 Å². The number of oxazole rings is 1. The van der Waals surface area contributed by atoms with Crippen molar-refractivity contribution in [3.63, 3.8) is 0 Å². The van der Waals surface area contributed by atoms with Gasteiger partial charge in [-0.3, -0.25) is 0 Å². The van der Waals surface area contributed by atoms with Crippen LogP contribution in [0.25, 0.3) is 83.1 Å². The van der Waals surface area contributed by atoms with Gasteiger partial charge in [-0.2, -0.15) is 0 Å². The van der Waals surface area contributed by atoms with Gasteiger partial charge in [-0.15, -0.1) is 0 Å². The largest absolute Gasteiger partial charge is 0.435 e. The maximum Gasteiger partial charge on any atom is 0.227 e. The molecule has 268 valence electrons. The summed E-state index contributed by atoms with van der Waals surface area (Å²) in [4.78, 5) is 7.24. The molecule has 0 saturated heterocycles. The molecule has 0 amide bonds. The third kappa shape index (κ3) is 5.66. The summed E-state index contributed by atoms with van der Waals surface area (Å²) in [6.45, 7) is 0. The molecule has 2 aromatic heterocycles. The Bertz CT molecular complexity index is 3200.